The first kappa shape index (κ1) is 13.0. The van der Waals surface area contributed by atoms with Crippen molar-refractivity contribution in [1.29, 1.82) is 0 Å². The molecule has 0 spiro atoms. The van der Waals surface area contributed by atoms with Crippen molar-refractivity contribution in [3.8, 4) is 0 Å². The zero-order valence-electron chi connectivity index (χ0n) is 9.95. The molecule has 5 nitrogen and oxygen atoms in total. The molecule has 0 aromatic rings. The molecule has 1 aliphatic heterocycles. The monoisotopic (exact) mass is 227 g/mol. The molecule has 1 saturated heterocycles. The lowest BCUT2D eigenvalue weighted by molar-refractivity contribution is -0.138. The Hall–Kier alpha value is -1.10. The van der Waals surface area contributed by atoms with Crippen LogP contribution in [0, 0.1) is 0 Å². The van der Waals surface area contributed by atoms with E-state index in [1.54, 1.807) is 16.8 Å². The van der Waals surface area contributed by atoms with Crippen LogP contribution in [0.5, 0.6) is 0 Å². The minimum absolute atomic E-state index is 0.0321. The summed E-state index contributed by atoms with van der Waals surface area (Å²) < 4.78 is 0. The SMILES string of the molecule is CN1CCCN(C(=O)CCCCN)CC1=O. The van der Waals surface area contributed by atoms with E-state index in [1.807, 2.05) is 0 Å². The van der Waals surface area contributed by atoms with E-state index in [4.69, 9.17) is 5.73 Å². The van der Waals surface area contributed by atoms with Crippen molar-refractivity contribution in [2.45, 2.75) is 25.7 Å². The van der Waals surface area contributed by atoms with Gasteiger partial charge in [0.2, 0.25) is 11.8 Å². The summed E-state index contributed by atoms with van der Waals surface area (Å²) in [6.45, 7) is 2.29. The summed E-state index contributed by atoms with van der Waals surface area (Å²) in [5.74, 6) is 0.113. The maximum Gasteiger partial charge on any atom is 0.241 e. The van der Waals surface area contributed by atoms with Gasteiger partial charge < -0.3 is 15.5 Å². The van der Waals surface area contributed by atoms with E-state index in [9.17, 15) is 9.59 Å². The first-order valence-corrected chi connectivity index (χ1v) is 5.87. The number of likely N-dealkylation sites (N-methyl/N-ethyl adjacent to an activating group) is 1. The fraction of sp³-hybridized carbons (Fsp3) is 0.818. The van der Waals surface area contributed by atoms with E-state index in [0.717, 1.165) is 25.8 Å². The quantitative estimate of drug-likeness (QED) is 0.677. The molecule has 0 unspecified atom stereocenters. The number of unbranched alkanes of at least 4 members (excludes halogenated alkanes) is 1. The van der Waals surface area contributed by atoms with Gasteiger partial charge in [0.25, 0.3) is 0 Å². The van der Waals surface area contributed by atoms with Crippen LogP contribution in [0.3, 0.4) is 0 Å². The molecule has 5 heteroatoms. The maximum absolute atomic E-state index is 11.8. The molecule has 1 rings (SSSR count). The molecule has 0 aromatic carbocycles. The Balaban J connectivity index is 2.40. The second kappa shape index (κ2) is 6.48. The zero-order valence-corrected chi connectivity index (χ0v) is 9.95. The summed E-state index contributed by atoms with van der Waals surface area (Å²) in [4.78, 5) is 26.7. The number of nitrogens with two attached hydrogens (primary N) is 1. The normalized spacial score (nSPS) is 17.5. The number of hydrogen-bond donors (Lipinski definition) is 1. The Morgan fingerprint density at radius 1 is 1.38 bits per heavy atom. The lowest BCUT2D eigenvalue weighted by Crippen LogP contribution is -2.37. The van der Waals surface area contributed by atoms with Crippen molar-refractivity contribution in [3.63, 3.8) is 0 Å². The van der Waals surface area contributed by atoms with Crippen LogP contribution in [0.1, 0.15) is 25.7 Å². The molecular weight excluding hydrogens is 206 g/mol. The summed E-state index contributed by atoms with van der Waals surface area (Å²) in [5, 5.41) is 0. The van der Waals surface area contributed by atoms with Crippen LogP contribution in [0.2, 0.25) is 0 Å². The van der Waals surface area contributed by atoms with Crippen LogP contribution in [0.25, 0.3) is 0 Å². The largest absolute Gasteiger partial charge is 0.344 e. The average molecular weight is 227 g/mol. The molecule has 0 radical (unpaired) electrons. The third kappa shape index (κ3) is 3.81. The Morgan fingerprint density at radius 3 is 2.81 bits per heavy atom. The first-order chi connectivity index (χ1) is 7.65. The Bertz CT molecular complexity index is 256. The molecule has 0 atom stereocenters. The van der Waals surface area contributed by atoms with Gasteiger partial charge in [0.1, 0.15) is 0 Å². The van der Waals surface area contributed by atoms with Gasteiger partial charge in [-0.1, -0.05) is 0 Å². The highest BCUT2D eigenvalue weighted by molar-refractivity contribution is 5.85. The van der Waals surface area contributed by atoms with E-state index in [2.05, 4.69) is 0 Å². The van der Waals surface area contributed by atoms with Crippen LogP contribution in [-0.2, 0) is 9.59 Å². The molecule has 1 fully saturated rings. The van der Waals surface area contributed by atoms with Gasteiger partial charge in [-0.25, -0.2) is 0 Å². The molecular formula is C11H21N3O2. The number of carbonyl (C=O) groups excluding carboxylic acids is 2. The average Bonchev–Trinajstić information content (AvgIpc) is 2.42. The number of amides is 2. The summed E-state index contributed by atoms with van der Waals surface area (Å²) in [5.41, 5.74) is 5.37. The van der Waals surface area contributed by atoms with Crippen LogP contribution in [0.15, 0.2) is 0 Å². The molecule has 0 aliphatic carbocycles. The molecule has 92 valence electrons. The van der Waals surface area contributed by atoms with Crippen molar-refractivity contribution >= 4 is 11.8 Å². The lowest BCUT2D eigenvalue weighted by atomic mass is 10.2. The summed E-state index contributed by atoms with van der Waals surface area (Å²) >= 11 is 0. The van der Waals surface area contributed by atoms with Crippen LogP contribution in [-0.4, -0.2) is 54.8 Å². The van der Waals surface area contributed by atoms with Gasteiger partial charge in [0.15, 0.2) is 0 Å². The highest BCUT2D eigenvalue weighted by Crippen LogP contribution is 2.06. The Kier molecular flexibility index (Phi) is 5.25. The van der Waals surface area contributed by atoms with Gasteiger partial charge in [-0.05, 0) is 25.8 Å². The van der Waals surface area contributed by atoms with Crippen LogP contribution in [0.4, 0.5) is 0 Å². The predicted octanol–water partition coefficient (Wildman–Crippen LogP) is -0.194. The third-order valence-electron chi connectivity index (χ3n) is 2.87. The topological polar surface area (TPSA) is 66.6 Å². The van der Waals surface area contributed by atoms with E-state index >= 15 is 0 Å². The van der Waals surface area contributed by atoms with Gasteiger partial charge in [-0.3, -0.25) is 9.59 Å². The van der Waals surface area contributed by atoms with E-state index in [1.165, 1.54) is 0 Å². The summed E-state index contributed by atoms with van der Waals surface area (Å²) in [7, 11) is 1.78. The van der Waals surface area contributed by atoms with E-state index in [-0.39, 0.29) is 18.4 Å². The molecule has 2 N–H and O–H groups in total. The number of rotatable bonds is 4. The first-order valence-electron chi connectivity index (χ1n) is 5.87. The molecule has 1 aliphatic rings. The Labute approximate surface area is 96.6 Å². The number of hydrogen-bond acceptors (Lipinski definition) is 3. The Morgan fingerprint density at radius 2 is 2.12 bits per heavy atom. The second-order valence-corrected chi connectivity index (χ2v) is 4.23. The van der Waals surface area contributed by atoms with Crippen LogP contribution < -0.4 is 5.73 Å². The van der Waals surface area contributed by atoms with E-state index < -0.39 is 0 Å². The standard InChI is InChI=1S/C11H21N3O2/c1-13-7-4-8-14(9-11(13)16)10(15)5-2-3-6-12/h2-9,12H2,1H3. The zero-order chi connectivity index (χ0) is 12.0. The van der Waals surface area contributed by atoms with Gasteiger partial charge in [0.05, 0.1) is 6.54 Å². The number of nitrogens with zero attached hydrogens (tertiary/aromatic N) is 2. The molecule has 1 heterocycles. The minimum atomic E-state index is 0.0321. The highest BCUT2D eigenvalue weighted by atomic mass is 16.2. The van der Waals surface area contributed by atoms with Gasteiger partial charge in [0, 0.05) is 26.6 Å². The maximum atomic E-state index is 11.8. The van der Waals surface area contributed by atoms with Crippen molar-refractivity contribution in [2.75, 3.05) is 33.2 Å². The van der Waals surface area contributed by atoms with Crippen molar-refractivity contribution in [1.82, 2.24) is 9.80 Å². The van der Waals surface area contributed by atoms with Gasteiger partial charge in [-0.2, -0.15) is 0 Å². The highest BCUT2D eigenvalue weighted by Gasteiger charge is 2.21. The third-order valence-corrected chi connectivity index (χ3v) is 2.87. The van der Waals surface area contributed by atoms with Crippen LogP contribution >= 0.6 is 0 Å². The van der Waals surface area contributed by atoms with Crippen molar-refractivity contribution in [2.24, 2.45) is 5.73 Å². The summed E-state index contributed by atoms with van der Waals surface area (Å²) in [6, 6.07) is 0. The van der Waals surface area contributed by atoms with Crippen molar-refractivity contribution < 1.29 is 9.59 Å². The molecule has 0 bridgehead atoms. The van der Waals surface area contributed by atoms with Crippen molar-refractivity contribution in [3.05, 3.63) is 0 Å². The fourth-order valence-corrected chi connectivity index (χ4v) is 1.78. The molecule has 16 heavy (non-hydrogen) atoms. The minimum Gasteiger partial charge on any atom is -0.344 e. The molecule has 0 saturated carbocycles. The fourth-order valence-electron chi connectivity index (χ4n) is 1.78. The second-order valence-electron chi connectivity index (χ2n) is 4.23. The smallest absolute Gasteiger partial charge is 0.241 e. The lowest BCUT2D eigenvalue weighted by Gasteiger charge is -2.19. The molecule has 2 amide bonds. The molecule has 0 aromatic heterocycles. The predicted molar refractivity (Wildman–Crippen MR) is 61.7 cm³/mol. The van der Waals surface area contributed by atoms with E-state index in [0.29, 0.717) is 19.5 Å². The van der Waals surface area contributed by atoms with Gasteiger partial charge in [-0.15, -0.1) is 0 Å². The summed E-state index contributed by atoms with van der Waals surface area (Å²) in [6.07, 6.45) is 3.06. The van der Waals surface area contributed by atoms with Gasteiger partial charge >= 0.3 is 0 Å². The number of carbonyl (C=O) groups is 2.